The maximum absolute atomic E-state index is 13.3. The molecule has 8 nitrogen and oxygen atoms in total. The molecule has 1 atom stereocenters. The number of hydrogen-bond acceptors (Lipinski definition) is 5. The van der Waals surface area contributed by atoms with E-state index < -0.39 is 12.1 Å². The number of aromatic nitrogens is 2. The molecule has 1 spiro atoms. The van der Waals surface area contributed by atoms with Crippen molar-refractivity contribution in [3.8, 4) is 6.07 Å². The van der Waals surface area contributed by atoms with Crippen molar-refractivity contribution in [3.63, 3.8) is 0 Å². The average Bonchev–Trinajstić information content (AvgIpc) is 3.31. The lowest BCUT2D eigenvalue weighted by molar-refractivity contribution is -0.192. The number of amides is 1. The van der Waals surface area contributed by atoms with Gasteiger partial charge >= 0.3 is 12.1 Å². The smallest absolute Gasteiger partial charge is 0.475 e. The topological polar surface area (TPSA) is 102 Å². The van der Waals surface area contributed by atoms with Gasteiger partial charge in [-0.3, -0.25) is 14.4 Å². The van der Waals surface area contributed by atoms with E-state index in [-0.39, 0.29) is 11.4 Å². The van der Waals surface area contributed by atoms with Crippen LogP contribution in [0.3, 0.4) is 0 Å². The van der Waals surface area contributed by atoms with E-state index in [9.17, 15) is 18.0 Å². The normalized spacial score (nSPS) is 20.4. The third kappa shape index (κ3) is 6.43. The summed E-state index contributed by atoms with van der Waals surface area (Å²) < 4.78 is 33.7. The van der Waals surface area contributed by atoms with E-state index in [1.54, 1.807) is 24.3 Å². The van der Waals surface area contributed by atoms with Crippen LogP contribution in [0.2, 0.25) is 0 Å². The second-order valence-corrected chi connectivity index (χ2v) is 9.31. The lowest BCUT2D eigenvalue weighted by Crippen LogP contribution is -2.47. The summed E-state index contributed by atoms with van der Waals surface area (Å²) in [5.41, 5.74) is 3.56. The van der Waals surface area contributed by atoms with E-state index in [4.69, 9.17) is 15.2 Å². The number of halogens is 3. The molecular formula is C25H30F3N5O3. The SMILES string of the molecule is Cc1cc(CN2CCCC3(CCCN3C(=O)c3ccc(C#N)cc3)CC2)n(C)n1.O=C(O)C(F)(F)F. The molecule has 2 aromatic rings. The number of carbonyl (C=O) groups is 2. The van der Waals surface area contributed by atoms with Gasteiger partial charge in [-0.05, 0) is 75.9 Å². The first-order chi connectivity index (χ1) is 16.9. The number of likely N-dealkylation sites (tertiary alicyclic amines) is 2. The molecule has 1 N–H and O–H groups in total. The first kappa shape index (κ1) is 27.2. The Morgan fingerprint density at radius 2 is 1.72 bits per heavy atom. The van der Waals surface area contributed by atoms with Crippen LogP contribution in [0.1, 0.15) is 59.4 Å². The molecule has 1 aromatic heterocycles. The van der Waals surface area contributed by atoms with Gasteiger partial charge in [0.1, 0.15) is 0 Å². The molecule has 1 aromatic carbocycles. The number of carboxylic acid groups (broad SMARTS) is 1. The summed E-state index contributed by atoms with van der Waals surface area (Å²) in [6.45, 7) is 5.84. The second kappa shape index (κ2) is 11.1. The molecule has 2 fully saturated rings. The molecular weight excluding hydrogens is 475 g/mol. The fourth-order valence-electron chi connectivity index (χ4n) is 5.05. The van der Waals surface area contributed by atoms with Crippen LogP contribution in [0.5, 0.6) is 0 Å². The molecule has 0 saturated carbocycles. The lowest BCUT2D eigenvalue weighted by atomic mass is 9.87. The van der Waals surface area contributed by atoms with Gasteiger partial charge in [0.25, 0.3) is 5.91 Å². The lowest BCUT2D eigenvalue weighted by Gasteiger charge is -2.38. The van der Waals surface area contributed by atoms with Gasteiger partial charge in [-0.2, -0.15) is 23.5 Å². The number of nitrogens with zero attached hydrogens (tertiary/aromatic N) is 5. The van der Waals surface area contributed by atoms with Crippen molar-refractivity contribution in [3.05, 3.63) is 52.8 Å². The van der Waals surface area contributed by atoms with Gasteiger partial charge in [0.05, 0.1) is 23.0 Å². The molecule has 2 aliphatic rings. The summed E-state index contributed by atoms with van der Waals surface area (Å²) in [5, 5.41) is 20.6. The Hall–Kier alpha value is -3.39. The zero-order valence-electron chi connectivity index (χ0n) is 20.4. The molecule has 194 valence electrons. The van der Waals surface area contributed by atoms with Crippen LogP contribution in [0.4, 0.5) is 13.2 Å². The molecule has 1 unspecified atom stereocenters. The number of carbonyl (C=O) groups excluding carboxylic acids is 1. The van der Waals surface area contributed by atoms with E-state index in [1.807, 2.05) is 18.7 Å². The predicted molar refractivity (Wildman–Crippen MR) is 125 cm³/mol. The van der Waals surface area contributed by atoms with Crippen LogP contribution >= 0.6 is 0 Å². The van der Waals surface area contributed by atoms with Crippen molar-refractivity contribution in [1.29, 1.82) is 5.26 Å². The van der Waals surface area contributed by atoms with Crippen LogP contribution in [-0.4, -0.2) is 67.9 Å². The summed E-state index contributed by atoms with van der Waals surface area (Å²) in [5.74, 6) is -2.64. The van der Waals surface area contributed by atoms with Crippen molar-refractivity contribution in [2.45, 2.75) is 57.3 Å². The Bertz CT molecular complexity index is 1120. The molecule has 0 bridgehead atoms. The molecule has 11 heteroatoms. The Labute approximate surface area is 207 Å². The van der Waals surface area contributed by atoms with Gasteiger partial charge in [0.15, 0.2) is 0 Å². The maximum Gasteiger partial charge on any atom is 0.490 e. The molecule has 0 aliphatic carbocycles. The molecule has 3 heterocycles. The third-order valence-electron chi connectivity index (χ3n) is 6.84. The van der Waals surface area contributed by atoms with Crippen molar-refractivity contribution >= 4 is 11.9 Å². The summed E-state index contributed by atoms with van der Waals surface area (Å²) >= 11 is 0. The van der Waals surface area contributed by atoms with E-state index >= 15 is 0 Å². The minimum atomic E-state index is -5.08. The predicted octanol–water partition coefficient (Wildman–Crippen LogP) is 3.89. The summed E-state index contributed by atoms with van der Waals surface area (Å²) in [4.78, 5) is 26.8. The number of rotatable bonds is 3. The standard InChI is InChI=1S/C23H29N5O.C2HF3O2/c1-18-15-21(26(2)25-18)17-27-12-3-9-23(11-14-27)10-4-13-28(23)22(29)20-7-5-19(16-24)6-8-20;3-2(4,5)1(6)7/h5-8,15H,3-4,9-14,17H2,1-2H3;(H,6,7). The second-order valence-electron chi connectivity index (χ2n) is 9.31. The van der Waals surface area contributed by atoms with Gasteiger partial charge in [0, 0.05) is 37.8 Å². The van der Waals surface area contributed by atoms with Crippen LogP contribution in [0.25, 0.3) is 0 Å². The van der Waals surface area contributed by atoms with Crippen molar-refractivity contribution in [2.75, 3.05) is 19.6 Å². The number of hydrogen-bond donors (Lipinski definition) is 1. The highest BCUT2D eigenvalue weighted by Crippen LogP contribution is 2.39. The molecule has 36 heavy (non-hydrogen) atoms. The Morgan fingerprint density at radius 3 is 2.25 bits per heavy atom. The molecule has 1 amide bonds. The zero-order chi connectivity index (χ0) is 26.5. The van der Waals surface area contributed by atoms with Gasteiger partial charge in [-0.25, -0.2) is 4.79 Å². The molecule has 2 aliphatic heterocycles. The summed E-state index contributed by atoms with van der Waals surface area (Å²) in [6, 6.07) is 11.3. The van der Waals surface area contributed by atoms with Gasteiger partial charge in [0.2, 0.25) is 0 Å². The fraction of sp³-hybridized carbons (Fsp3) is 0.520. The first-order valence-electron chi connectivity index (χ1n) is 11.8. The van der Waals surface area contributed by atoms with Gasteiger partial charge in [-0.15, -0.1) is 0 Å². The summed E-state index contributed by atoms with van der Waals surface area (Å²) in [6.07, 6.45) is 0.270. The molecule has 4 rings (SSSR count). The van der Waals surface area contributed by atoms with Crippen LogP contribution in [-0.2, 0) is 18.4 Å². The number of nitriles is 1. The van der Waals surface area contributed by atoms with Crippen molar-refractivity contribution in [2.24, 2.45) is 7.05 Å². The number of carboxylic acids is 1. The van der Waals surface area contributed by atoms with Crippen LogP contribution in [0, 0.1) is 18.3 Å². The van der Waals surface area contributed by atoms with E-state index in [0.717, 1.165) is 64.0 Å². The first-order valence-corrected chi connectivity index (χ1v) is 11.8. The number of alkyl halides is 3. The summed E-state index contributed by atoms with van der Waals surface area (Å²) in [7, 11) is 2.01. The van der Waals surface area contributed by atoms with Crippen LogP contribution in [0.15, 0.2) is 30.3 Å². The van der Waals surface area contributed by atoms with Crippen molar-refractivity contribution < 1.29 is 27.9 Å². The highest BCUT2D eigenvalue weighted by atomic mass is 19.4. The fourth-order valence-corrected chi connectivity index (χ4v) is 5.05. The highest BCUT2D eigenvalue weighted by Gasteiger charge is 2.44. The van der Waals surface area contributed by atoms with Crippen LogP contribution < -0.4 is 0 Å². The van der Waals surface area contributed by atoms with E-state index in [1.165, 1.54) is 5.69 Å². The minimum Gasteiger partial charge on any atom is -0.475 e. The average molecular weight is 506 g/mol. The number of benzene rings is 1. The quantitative estimate of drug-likeness (QED) is 0.679. The monoisotopic (exact) mass is 505 g/mol. The Morgan fingerprint density at radius 1 is 1.11 bits per heavy atom. The number of aliphatic carboxylic acids is 1. The third-order valence-corrected chi connectivity index (χ3v) is 6.84. The van der Waals surface area contributed by atoms with Gasteiger partial charge in [-0.1, -0.05) is 0 Å². The minimum absolute atomic E-state index is 0.0257. The van der Waals surface area contributed by atoms with Gasteiger partial charge < -0.3 is 10.0 Å². The Balaban J connectivity index is 0.000000454. The van der Waals surface area contributed by atoms with Crippen molar-refractivity contribution in [1.82, 2.24) is 19.6 Å². The Kier molecular flexibility index (Phi) is 8.40. The molecule has 2 saturated heterocycles. The molecule has 0 radical (unpaired) electrons. The van der Waals surface area contributed by atoms with E-state index in [2.05, 4.69) is 27.0 Å². The maximum atomic E-state index is 13.3. The van der Waals surface area contributed by atoms with E-state index in [0.29, 0.717) is 11.1 Å². The number of aryl methyl sites for hydroxylation is 2. The zero-order valence-corrected chi connectivity index (χ0v) is 20.4. The highest BCUT2D eigenvalue weighted by molar-refractivity contribution is 5.95. The largest absolute Gasteiger partial charge is 0.490 e.